The first-order valence-electron chi connectivity index (χ1n) is 5.43. The second kappa shape index (κ2) is 4.87. The lowest BCUT2D eigenvalue weighted by Crippen LogP contribution is -2.26. The van der Waals surface area contributed by atoms with Crippen molar-refractivity contribution in [1.82, 2.24) is 15.5 Å². The molecule has 0 spiro atoms. The van der Waals surface area contributed by atoms with E-state index in [1.807, 2.05) is 0 Å². The number of carbonyl (C=O) groups excluding carboxylic acids is 1. The number of nitrogens with zero attached hydrogens (tertiary/aromatic N) is 1. The Labute approximate surface area is 103 Å². The van der Waals surface area contributed by atoms with E-state index in [-0.39, 0.29) is 23.6 Å². The number of hydrogen-bond donors (Lipinski definition) is 3. The first kappa shape index (κ1) is 12.1. The predicted molar refractivity (Wildman–Crippen MR) is 65.3 cm³/mol. The summed E-state index contributed by atoms with van der Waals surface area (Å²) in [6.07, 6.45) is 1.36. The van der Waals surface area contributed by atoms with E-state index in [0.717, 1.165) is 5.56 Å². The van der Waals surface area contributed by atoms with E-state index in [1.165, 1.54) is 18.3 Å². The summed E-state index contributed by atoms with van der Waals surface area (Å²) in [4.78, 5) is 11.9. The lowest BCUT2D eigenvalue weighted by atomic mass is 10.1. The minimum atomic E-state index is -0.321. The molecule has 0 fully saturated rings. The fourth-order valence-electron chi connectivity index (χ4n) is 1.59. The van der Waals surface area contributed by atoms with Gasteiger partial charge in [0.2, 0.25) is 0 Å². The van der Waals surface area contributed by atoms with Crippen molar-refractivity contribution in [2.75, 3.05) is 5.73 Å². The van der Waals surface area contributed by atoms with Crippen LogP contribution in [0.4, 0.5) is 10.2 Å². The molecule has 2 rings (SSSR count). The van der Waals surface area contributed by atoms with E-state index in [9.17, 15) is 9.18 Å². The summed E-state index contributed by atoms with van der Waals surface area (Å²) in [5.74, 6) is -0.409. The number of nitrogens with two attached hydrogens (primary N) is 1. The summed E-state index contributed by atoms with van der Waals surface area (Å²) in [5.41, 5.74) is 6.65. The van der Waals surface area contributed by atoms with E-state index in [0.29, 0.717) is 5.56 Å². The Bertz CT molecular complexity index is 549. The largest absolute Gasteiger partial charge is 0.383 e. The Morgan fingerprint density at radius 2 is 2.11 bits per heavy atom. The molecule has 0 aliphatic carbocycles. The molecule has 1 unspecified atom stereocenters. The van der Waals surface area contributed by atoms with Crippen LogP contribution in [0, 0.1) is 5.82 Å². The molecule has 5 nitrogen and oxygen atoms in total. The zero-order valence-corrected chi connectivity index (χ0v) is 9.77. The van der Waals surface area contributed by atoms with Crippen molar-refractivity contribution >= 4 is 11.7 Å². The van der Waals surface area contributed by atoms with Crippen LogP contribution in [0.2, 0.25) is 0 Å². The van der Waals surface area contributed by atoms with Crippen LogP contribution in [-0.4, -0.2) is 16.1 Å². The summed E-state index contributed by atoms with van der Waals surface area (Å²) in [6, 6.07) is 5.71. The molecule has 1 heterocycles. The normalized spacial score (nSPS) is 12.1. The molecular weight excluding hydrogens is 235 g/mol. The zero-order valence-electron chi connectivity index (χ0n) is 9.77. The lowest BCUT2D eigenvalue weighted by molar-refractivity contribution is 0.0941. The number of benzene rings is 1. The summed E-state index contributed by atoms with van der Waals surface area (Å²) in [6.45, 7) is 1.81. The molecule has 0 bridgehead atoms. The fourth-order valence-corrected chi connectivity index (χ4v) is 1.59. The molecule has 0 aliphatic heterocycles. The third-order valence-corrected chi connectivity index (χ3v) is 2.63. The van der Waals surface area contributed by atoms with Crippen LogP contribution < -0.4 is 11.1 Å². The van der Waals surface area contributed by atoms with Gasteiger partial charge in [0.1, 0.15) is 17.2 Å². The Morgan fingerprint density at radius 1 is 1.44 bits per heavy atom. The van der Waals surface area contributed by atoms with Crippen LogP contribution in [0.3, 0.4) is 0 Å². The highest BCUT2D eigenvalue weighted by Gasteiger charge is 2.15. The number of rotatable bonds is 3. The van der Waals surface area contributed by atoms with Crippen LogP contribution >= 0.6 is 0 Å². The van der Waals surface area contributed by atoms with E-state index in [1.54, 1.807) is 19.1 Å². The summed E-state index contributed by atoms with van der Waals surface area (Å²) in [5, 5.41) is 8.92. The Kier molecular flexibility index (Phi) is 3.27. The molecule has 0 saturated heterocycles. The smallest absolute Gasteiger partial charge is 0.257 e. The Balaban J connectivity index is 2.08. The van der Waals surface area contributed by atoms with Crippen molar-refractivity contribution in [2.24, 2.45) is 0 Å². The van der Waals surface area contributed by atoms with Crippen LogP contribution in [0.5, 0.6) is 0 Å². The van der Waals surface area contributed by atoms with Crippen LogP contribution in [0.15, 0.2) is 30.5 Å². The van der Waals surface area contributed by atoms with Crippen LogP contribution in [0.1, 0.15) is 28.9 Å². The second-order valence-electron chi connectivity index (χ2n) is 3.94. The number of amides is 1. The van der Waals surface area contributed by atoms with E-state index in [2.05, 4.69) is 15.5 Å². The molecular formula is C12H13FN4O. The van der Waals surface area contributed by atoms with Crippen molar-refractivity contribution in [3.63, 3.8) is 0 Å². The molecule has 1 amide bonds. The standard InChI is InChI=1S/C12H13FN4O/c1-7(8-2-4-9(13)5-3-8)16-12(18)10-6-15-17-11(10)14/h2-7H,1H3,(H,16,18)(H3,14,15,17). The predicted octanol–water partition coefficient (Wildman–Crippen LogP) is 1.62. The number of H-pyrrole nitrogens is 1. The maximum atomic E-state index is 12.8. The molecule has 0 radical (unpaired) electrons. The van der Waals surface area contributed by atoms with Gasteiger partial charge in [-0.2, -0.15) is 5.10 Å². The number of nitrogens with one attached hydrogen (secondary N) is 2. The number of aromatic amines is 1. The number of halogens is 1. The lowest BCUT2D eigenvalue weighted by Gasteiger charge is -2.13. The summed E-state index contributed by atoms with van der Waals surface area (Å²) in [7, 11) is 0. The number of hydrogen-bond acceptors (Lipinski definition) is 3. The van der Waals surface area contributed by atoms with Gasteiger partial charge in [-0.05, 0) is 24.6 Å². The van der Waals surface area contributed by atoms with Gasteiger partial charge in [-0.1, -0.05) is 12.1 Å². The Hall–Kier alpha value is -2.37. The average molecular weight is 248 g/mol. The molecule has 0 saturated carbocycles. The van der Waals surface area contributed by atoms with Gasteiger partial charge in [0.15, 0.2) is 0 Å². The van der Waals surface area contributed by atoms with Crippen LogP contribution in [-0.2, 0) is 0 Å². The molecule has 1 aromatic carbocycles. The Morgan fingerprint density at radius 3 is 2.67 bits per heavy atom. The molecule has 1 atom stereocenters. The van der Waals surface area contributed by atoms with Gasteiger partial charge < -0.3 is 11.1 Å². The summed E-state index contributed by atoms with van der Waals surface area (Å²) < 4.78 is 12.8. The molecule has 94 valence electrons. The molecule has 0 aliphatic rings. The maximum absolute atomic E-state index is 12.8. The highest BCUT2D eigenvalue weighted by Crippen LogP contribution is 2.14. The van der Waals surface area contributed by atoms with Crippen molar-refractivity contribution < 1.29 is 9.18 Å². The zero-order chi connectivity index (χ0) is 13.1. The van der Waals surface area contributed by atoms with Crippen molar-refractivity contribution in [1.29, 1.82) is 0 Å². The molecule has 2 aromatic rings. The first-order valence-corrected chi connectivity index (χ1v) is 5.43. The van der Waals surface area contributed by atoms with Gasteiger partial charge in [-0.3, -0.25) is 9.89 Å². The van der Waals surface area contributed by atoms with Gasteiger partial charge in [0.05, 0.1) is 12.2 Å². The van der Waals surface area contributed by atoms with Gasteiger partial charge in [0.25, 0.3) is 5.91 Å². The van der Waals surface area contributed by atoms with Crippen molar-refractivity contribution in [2.45, 2.75) is 13.0 Å². The number of carbonyl (C=O) groups is 1. The third kappa shape index (κ3) is 2.48. The highest BCUT2D eigenvalue weighted by molar-refractivity contribution is 5.98. The van der Waals surface area contributed by atoms with Gasteiger partial charge in [-0.15, -0.1) is 0 Å². The van der Waals surface area contributed by atoms with Gasteiger partial charge in [-0.25, -0.2) is 4.39 Å². The molecule has 6 heteroatoms. The molecule has 4 N–H and O–H groups in total. The minimum Gasteiger partial charge on any atom is -0.383 e. The highest BCUT2D eigenvalue weighted by atomic mass is 19.1. The number of nitrogen functional groups attached to an aromatic ring is 1. The summed E-state index contributed by atoms with van der Waals surface area (Å²) >= 11 is 0. The fraction of sp³-hybridized carbons (Fsp3) is 0.167. The minimum absolute atomic E-state index is 0.221. The number of anilines is 1. The molecule has 1 aromatic heterocycles. The van der Waals surface area contributed by atoms with E-state index in [4.69, 9.17) is 5.73 Å². The third-order valence-electron chi connectivity index (χ3n) is 2.63. The monoisotopic (exact) mass is 248 g/mol. The maximum Gasteiger partial charge on any atom is 0.257 e. The van der Waals surface area contributed by atoms with Crippen LogP contribution in [0.25, 0.3) is 0 Å². The quantitative estimate of drug-likeness (QED) is 0.771. The van der Waals surface area contributed by atoms with E-state index < -0.39 is 0 Å². The van der Waals surface area contributed by atoms with Crippen molar-refractivity contribution in [3.05, 3.63) is 47.4 Å². The van der Waals surface area contributed by atoms with Gasteiger partial charge >= 0.3 is 0 Å². The SMILES string of the molecule is CC(NC(=O)c1cn[nH]c1N)c1ccc(F)cc1. The second-order valence-corrected chi connectivity index (χ2v) is 3.94. The number of aromatic nitrogens is 2. The topological polar surface area (TPSA) is 83.8 Å². The van der Waals surface area contributed by atoms with E-state index >= 15 is 0 Å². The molecule has 18 heavy (non-hydrogen) atoms. The van der Waals surface area contributed by atoms with Crippen molar-refractivity contribution in [3.8, 4) is 0 Å². The average Bonchev–Trinajstić information content (AvgIpc) is 2.76. The van der Waals surface area contributed by atoms with Gasteiger partial charge in [0, 0.05) is 0 Å². The first-order chi connectivity index (χ1) is 8.58.